The minimum Gasteiger partial charge on any atom is -0.337 e. The van der Waals surface area contributed by atoms with Gasteiger partial charge in [-0.3, -0.25) is 0 Å². The molecule has 0 atom stereocenters. The minimum atomic E-state index is -0.639. The summed E-state index contributed by atoms with van der Waals surface area (Å²) in [6, 6.07) is 9.21. The van der Waals surface area contributed by atoms with Crippen LogP contribution in [0.2, 0.25) is 0 Å². The number of hydrogen-bond donors (Lipinski definition) is 2. The van der Waals surface area contributed by atoms with Crippen molar-refractivity contribution in [3.05, 3.63) is 70.8 Å². The van der Waals surface area contributed by atoms with Crippen LogP contribution in [0.1, 0.15) is 43.9 Å². The van der Waals surface area contributed by atoms with Crippen molar-refractivity contribution in [2.75, 3.05) is 25.0 Å². The first-order valence-electron chi connectivity index (χ1n) is 11.4. The summed E-state index contributed by atoms with van der Waals surface area (Å²) in [5, 5.41) is 5.80. The van der Waals surface area contributed by atoms with Crippen LogP contribution in [0.15, 0.2) is 42.5 Å². The van der Waals surface area contributed by atoms with Gasteiger partial charge in [-0.1, -0.05) is 39.0 Å². The van der Waals surface area contributed by atoms with E-state index in [0.29, 0.717) is 36.4 Å². The Morgan fingerprint density at radius 2 is 1.74 bits per heavy atom. The molecule has 2 aliphatic rings. The smallest absolute Gasteiger partial charge is 0.322 e. The molecule has 2 aromatic rings. The molecule has 4 rings (SSSR count). The molecule has 4 amide bonds. The summed E-state index contributed by atoms with van der Waals surface area (Å²) in [6.07, 6.45) is 2.81. The van der Waals surface area contributed by atoms with Crippen molar-refractivity contribution in [1.82, 2.24) is 15.1 Å². The first-order chi connectivity index (χ1) is 16.1. The van der Waals surface area contributed by atoms with Crippen molar-refractivity contribution in [1.29, 1.82) is 0 Å². The summed E-state index contributed by atoms with van der Waals surface area (Å²) in [6.45, 7) is 8.35. The number of hydrogen-bond acceptors (Lipinski definition) is 2. The summed E-state index contributed by atoms with van der Waals surface area (Å²) in [4.78, 5) is 28.2. The molecule has 8 heteroatoms. The van der Waals surface area contributed by atoms with Gasteiger partial charge in [0, 0.05) is 43.5 Å². The van der Waals surface area contributed by atoms with Crippen molar-refractivity contribution >= 4 is 23.3 Å². The molecular formula is C26H30F2N4O2. The van der Waals surface area contributed by atoms with Crippen LogP contribution in [0.5, 0.6) is 0 Å². The lowest BCUT2D eigenvalue weighted by Gasteiger charge is -2.28. The van der Waals surface area contributed by atoms with Gasteiger partial charge in [0.2, 0.25) is 0 Å². The van der Waals surface area contributed by atoms with Gasteiger partial charge < -0.3 is 20.4 Å². The van der Waals surface area contributed by atoms with Crippen molar-refractivity contribution in [3.63, 3.8) is 0 Å². The van der Waals surface area contributed by atoms with E-state index in [4.69, 9.17) is 0 Å². The summed E-state index contributed by atoms with van der Waals surface area (Å²) in [5.74, 6) is -1.26. The zero-order valence-corrected chi connectivity index (χ0v) is 19.8. The fraction of sp³-hybridized carbons (Fsp3) is 0.385. The molecule has 0 bridgehead atoms. The highest BCUT2D eigenvalue weighted by atomic mass is 19.1. The fourth-order valence-electron chi connectivity index (χ4n) is 4.11. The maximum Gasteiger partial charge on any atom is 0.322 e. The van der Waals surface area contributed by atoms with Crippen molar-refractivity contribution in [3.8, 4) is 0 Å². The second-order valence-electron chi connectivity index (χ2n) is 10.0. The summed E-state index contributed by atoms with van der Waals surface area (Å²) in [5.41, 5.74) is 3.71. The highest BCUT2D eigenvalue weighted by Gasteiger charge is 2.27. The highest BCUT2D eigenvalue weighted by molar-refractivity contribution is 5.90. The molecule has 6 nitrogen and oxygen atoms in total. The lowest BCUT2D eigenvalue weighted by atomic mass is 9.97. The van der Waals surface area contributed by atoms with Gasteiger partial charge in [0.1, 0.15) is 11.6 Å². The third-order valence-corrected chi connectivity index (χ3v) is 6.02. The number of amides is 4. The molecule has 2 heterocycles. The third-order valence-electron chi connectivity index (χ3n) is 6.02. The maximum absolute atomic E-state index is 14.0. The van der Waals surface area contributed by atoms with Crippen LogP contribution in [0.4, 0.5) is 24.1 Å². The number of carbonyl (C=O) groups excluding carboxylic acids is 2. The second kappa shape index (κ2) is 9.44. The van der Waals surface area contributed by atoms with E-state index in [1.807, 2.05) is 24.3 Å². The predicted molar refractivity (Wildman–Crippen MR) is 128 cm³/mol. The van der Waals surface area contributed by atoms with Gasteiger partial charge in [0.25, 0.3) is 0 Å². The summed E-state index contributed by atoms with van der Waals surface area (Å²) < 4.78 is 27.4. The standard InChI is InChI=1S/C26H30F2N4O2/c1-26(2,3)16-29-24(33)31-10-8-18(9-11-31)17-4-6-21(7-5-17)30-25(34)32-14-19-12-20(27)13-23(28)22(19)15-32/h4-8,12-13H,9-11,14-16H2,1-3H3,(H,29,33)(H,30,34). The average Bonchev–Trinajstić information content (AvgIpc) is 3.22. The zero-order chi connectivity index (χ0) is 24.5. The number of nitrogens with zero attached hydrogens (tertiary/aromatic N) is 2. The van der Waals surface area contributed by atoms with E-state index in [1.165, 1.54) is 11.0 Å². The lowest BCUT2D eigenvalue weighted by molar-refractivity contribution is 0.198. The average molecular weight is 469 g/mol. The molecule has 0 unspecified atom stereocenters. The van der Waals surface area contributed by atoms with Crippen LogP contribution < -0.4 is 10.6 Å². The Bertz CT molecular complexity index is 1120. The van der Waals surface area contributed by atoms with E-state index < -0.39 is 11.6 Å². The summed E-state index contributed by atoms with van der Waals surface area (Å²) >= 11 is 0. The van der Waals surface area contributed by atoms with E-state index >= 15 is 0 Å². The number of urea groups is 2. The molecule has 2 aliphatic heterocycles. The van der Waals surface area contributed by atoms with Gasteiger partial charge in [-0.15, -0.1) is 0 Å². The normalized spacial score (nSPS) is 15.6. The lowest BCUT2D eigenvalue weighted by Crippen LogP contribution is -2.44. The Kier molecular flexibility index (Phi) is 6.59. The van der Waals surface area contributed by atoms with Gasteiger partial charge in [0.05, 0.1) is 6.54 Å². The van der Waals surface area contributed by atoms with Crippen LogP contribution in [0, 0.1) is 17.0 Å². The number of fused-ring (bicyclic) bond motifs is 1. The first-order valence-corrected chi connectivity index (χ1v) is 11.4. The predicted octanol–water partition coefficient (Wildman–Crippen LogP) is 5.36. The van der Waals surface area contributed by atoms with E-state index in [9.17, 15) is 18.4 Å². The Morgan fingerprint density at radius 1 is 1.00 bits per heavy atom. The van der Waals surface area contributed by atoms with Gasteiger partial charge in [-0.2, -0.15) is 0 Å². The topological polar surface area (TPSA) is 64.7 Å². The van der Waals surface area contributed by atoms with Crippen LogP contribution in [-0.2, 0) is 13.1 Å². The Morgan fingerprint density at radius 3 is 2.38 bits per heavy atom. The zero-order valence-electron chi connectivity index (χ0n) is 19.8. The van der Waals surface area contributed by atoms with Gasteiger partial charge >= 0.3 is 12.1 Å². The highest BCUT2D eigenvalue weighted by Crippen LogP contribution is 2.28. The molecule has 0 saturated carbocycles. The van der Waals surface area contributed by atoms with Crippen molar-refractivity contribution in [2.24, 2.45) is 5.41 Å². The van der Waals surface area contributed by atoms with Crippen LogP contribution in [0.3, 0.4) is 0 Å². The Labute approximate surface area is 198 Å². The van der Waals surface area contributed by atoms with E-state index in [0.717, 1.165) is 23.6 Å². The number of carbonyl (C=O) groups is 2. The number of halogens is 2. The van der Waals surface area contributed by atoms with E-state index in [1.54, 1.807) is 4.90 Å². The number of nitrogens with one attached hydrogen (secondary N) is 2. The second-order valence-corrected chi connectivity index (χ2v) is 10.0. The quantitative estimate of drug-likeness (QED) is 0.637. The number of rotatable bonds is 3. The Balaban J connectivity index is 1.31. The molecule has 0 fully saturated rings. The molecule has 0 aliphatic carbocycles. The van der Waals surface area contributed by atoms with Crippen LogP contribution in [0.25, 0.3) is 5.57 Å². The molecular weight excluding hydrogens is 438 g/mol. The molecule has 34 heavy (non-hydrogen) atoms. The Hall–Kier alpha value is -3.42. The molecule has 0 saturated heterocycles. The third kappa shape index (κ3) is 5.55. The van der Waals surface area contributed by atoms with Gasteiger partial charge in [-0.25, -0.2) is 18.4 Å². The van der Waals surface area contributed by atoms with Crippen LogP contribution >= 0.6 is 0 Å². The molecule has 0 radical (unpaired) electrons. The number of anilines is 1. The molecule has 0 aromatic heterocycles. The van der Waals surface area contributed by atoms with Crippen LogP contribution in [-0.4, -0.2) is 41.5 Å². The number of benzene rings is 2. The molecule has 0 spiro atoms. The molecule has 2 aromatic carbocycles. The van der Waals surface area contributed by atoms with Gasteiger partial charge in [-0.05, 0) is 46.7 Å². The maximum atomic E-state index is 14.0. The molecule has 2 N–H and O–H groups in total. The largest absolute Gasteiger partial charge is 0.337 e. The SMILES string of the molecule is CC(C)(C)CNC(=O)N1CC=C(c2ccc(NC(=O)N3Cc4cc(F)cc(F)c4C3)cc2)CC1. The van der Waals surface area contributed by atoms with Crippen molar-refractivity contribution in [2.45, 2.75) is 40.3 Å². The fourth-order valence-corrected chi connectivity index (χ4v) is 4.11. The van der Waals surface area contributed by atoms with E-state index in [2.05, 4.69) is 37.5 Å². The molecule has 180 valence electrons. The van der Waals surface area contributed by atoms with Gasteiger partial charge in [0.15, 0.2) is 0 Å². The first kappa shape index (κ1) is 23.7. The van der Waals surface area contributed by atoms with Crippen molar-refractivity contribution < 1.29 is 18.4 Å². The monoisotopic (exact) mass is 468 g/mol. The minimum absolute atomic E-state index is 0.0382. The van der Waals surface area contributed by atoms with E-state index in [-0.39, 0.29) is 30.6 Å². The summed E-state index contributed by atoms with van der Waals surface area (Å²) in [7, 11) is 0.